The Morgan fingerprint density at radius 3 is 2.88 bits per heavy atom. The lowest BCUT2D eigenvalue weighted by Crippen LogP contribution is -2.14. The number of amides is 1. The van der Waals surface area contributed by atoms with E-state index in [9.17, 15) is 9.18 Å². The number of anilines is 1. The van der Waals surface area contributed by atoms with Crippen molar-refractivity contribution in [1.29, 1.82) is 0 Å². The van der Waals surface area contributed by atoms with Gasteiger partial charge in [0.15, 0.2) is 0 Å². The Balaban J connectivity index is 2.26. The maximum Gasteiger partial charge on any atom is 0.301 e. The van der Waals surface area contributed by atoms with Gasteiger partial charge in [0.25, 0.3) is 5.91 Å². The van der Waals surface area contributed by atoms with Gasteiger partial charge in [-0.3, -0.25) is 10.1 Å². The average molecular weight is 299 g/mol. The van der Waals surface area contributed by atoms with Crippen LogP contribution < -0.4 is 5.32 Å². The molecule has 1 heterocycles. The number of carbonyl (C=O) groups is 1. The van der Waals surface area contributed by atoms with Gasteiger partial charge >= 0.3 is 6.01 Å². The number of aryl methyl sites for hydroxylation is 1. The van der Waals surface area contributed by atoms with Crippen molar-refractivity contribution in [2.24, 2.45) is 0 Å². The Labute approximate surface area is 105 Å². The van der Waals surface area contributed by atoms with Crippen LogP contribution in [0, 0.1) is 12.7 Å². The van der Waals surface area contributed by atoms with Gasteiger partial charge in [-0.05, 0) is 35.0 Å². The largest absolute Gasteiger partial charge is 0.432 e. The molecule has 0 saturated carbocycles. The number of halogens is 2. The first-order valence-corrected chi connectivity index (χ1v) is 5.54. The topological polar surface area (TPSA) is 55.1 Å². The minimum absolute atomic E-state index is 0.0441. The molecule has 1 aromatic heterocycles. The van der Waals surface area contributed by atoms with Crippen LogP contribution >= 0.6 is 15.9 Å². The summed E-state index contributed by atoms with van der Waals surface area (Å²) in [6, 6.07) is 4.34. The Hall–Kier alpha value is -1.69. The molecule has 0 radical (unpaired) electrons. The molecule has 88 valence electrons. The van der Waals surface area contributed by atoms with Crippen molar-refractivity contribution in [3.8, 4) is 0 Å². The first-order valence-electron chi connectivity index (χ1n) is 4.75. The van der Waals surface area contributed by atoms with Crippen molar-refractivity contribution in [2.45, 2.75) is 6.92 Å². The number of carbonyl (C=O) groups excluding carboxylic acids is 1. The maximum absolute atomic E-state index is 13.5. The quantitative estimate of drug-likeness (QED) is 0.927. The summed E-state index contributed by atoms with van der Waals surface area (Å²) in [6.45, 7) is 1.72. The van der Waals surface area contributed by atoms with Crippen LogP contribution in [0.4, 0.5) is 10.4 Å². The summed E-state index contributed by atoms with van der Waals surface area (Å²) in [7, 11) is 0. The fourth-order valence-electron chi connectivity index (χ4n) is 1.29. The molecule has 1 N–H and O–H groups in total. The van der Waals surface area contributed by atoms with Gasteiger partial charge in [-0.25, -0.2) is 4.39 Å². The fraction of sp³-hybridized carbons (Fsp3) is 0.0909. The normalized spacial score (nSPS) is 10.3. The average Bonchev–Trinajstić information content (AvgIpc) is 2.63. The fourth-order valence-corrected chi connectivity index (χ4v) is 1.81. The van der Waals surface area contributed by atoms with E-state index in [1.165, 1.54) is 18.4 Å². The van der Waals surface area contributed by atoms with Crippen LogP contribution in [0.25, 0.3) is 0 Å². The number of nitrogens with one attached hydrogen (secondary N) is 1. The van der Waals surface area contributed by atoms with E-state index < -0.39 is 11.7 Å². The van der Waals surface area contributed by atoms with Crippen molar-refractivity contribution >= 4 is 27.9 Å². The van der Waals surface area contributed by atoms with Gasteiger partial charge in [0.05, 0.1) is 11.3 Å². The molecule has 2 aromatic rings. The van der Waals surface area contributed by atoms with Gasteiger partial charge in [-0.1, -0.05) is 6.07 Å². The second kappa shape index (κ2) is 4.67. The van der Waals surface area contributed by atoms with E-state index in [0.29, 0.717) is 10.2 Å². The molecule has 6 heteroatoms. The highest BCUT2D eigenvalue weighted by Crippen LogP contribution is 2.20. The van der Waals surface area contributed by atoms with E-state index in [-0.39, 0.29) is 11.6 Å². The molecule has 0 bridgehead atoms. The standard InChI is InChI=1S/C11H8BrFN2O2/c1-6-5-17-11(14-6)15-10(16)9-7(12)3-2-4-8(9)13/h2-5H,1H3,(H,14,15,16). The highest BCUT2D eigenvalue weighted by molar-refractivity contribution is 9.10. The van der Waals surface area contributed by atoms with Crippen molar-refractivity contribution < 1.29 is 13.6 Å². The molecule has 0 unspecified atom stereocenters. The number of nitrogens with zero attached hydrogens (tertiary/aromatic N) is 1. The van der Waals surface area contributed by atoms with Crippen molar-refractivity contribution in [1.82, 2.24) is 4.98 Å². The summed E-state index contributed by atoms with van der Waals surface area (Å²) in [5.41, 5.74) is 0.552. The van der Waals surface area contributed by atoms with E-state index in [2.05, 4.69) is 26.2 Å². The smallest absolute Gasteiger partial charge is 0.301 e. The SMILES string of the molecule is Cc1coc(NC(=O)c2c(F)cccc2Br)n1. The summed E-state index contributed by atoms with van der Waals surface area (Å²) in [5, 5.41) is 2.37. The third-order valence-corrected chi connectivity index (χ3v) is 2.69. The molecule has 0 aliphatic heterocycles. The van der Waals surface area contributed by atoms with E-state index in [1.54, 1.807) is 13.0 Å². The van der Waals surface area contributed by atoms with E-state index >= 15 is 0 Å². The Morgan fingerprint density at radius 1 is 1.53 bits per heavy atom. The van der Waals surface area contributed by atoms with Gasteiger partial charge in [0.2, 0.25) is 0 Å². The molecule has 0 spiro atoms. The molecule has 0 aliphatic rings. The van der Waals surface area contributed by atoms with Crippen LogP contribution in [0.2, 0.25) is 0 Å². The third-order valence-electron chi connectivity index (χ3n) is 2.03. The highest BCUT2D eigenvalue weighted by Gasteiger charge is 2.17. The zero-order chi connectivity index (χ0) is 12.4. The van der Waals surface area contributed by atoms with Crippen molar-refractivity contribution in [2.75, 3.05) is 5.32 Å². The molecular formula is C11H8BrFN2O2. The Morgan fingerprint density at radius 2 is 2.29 bits per heavy atom. The van der Waals surface area contributed by atoms with E-state index in [0.717, 1.165) is 0 Å². The Bertz CT molecular complexity index is 548. The maximum atomic E-state index is 13.5. The summed E-state index contributed by atoms with van der Waals surface area (Å²) >= 11 is 3.11. The third kappa shape index (κ3) is 2.52. The molecule has 2 rings (SSSR count). The lowest BCUT2D eigenvalue weighted by molar-refractivity contribution is 0.101. The molecule has 0 atom stereocenters. The Kier molecular flexibility index (Phi) is 3.23. The summed E-state index contributed by atoms with van der Waals surface area (Å²) in [6.07, 6.45) is 1.39. The molecular weight excluding hydrogens is 291 g/mol. The number of hydrogen-bond acceptors (Lipinski definition) is 3. The summed E-state index contributed by atoms with van der Waals surface area (Å²) < 4.78 is 18.8. The van der Waals surface area contributed by atoms with Crippen LogP contribution in [0.1, 0.15) is 16.1 Å². The lowest BCUT2D eigenvalue weighted by Gasteiger charge is -2.04. The van der Waals surface area contributed by atoms with Crippen LogP contribution in [0.5, 0.6) is 0 Å². The number of rotatable bonds is 2. The second-order valence-electron chi connectivity index (χ2n) is 3.34. The predicted molar refractivity (Wildman–Crippen MR) is 63.3 cm³/mol. The zero-order valence-corrected chi connectivity index (χ0v) is 10.4. The lowest BCUT2D eigenvalue weighted by atomic mass is 10.2. The predicted octanol–water partition coefficient (Wildman–Crippen LogP) is 3.14. The van der Waals surface area contributed by atoms with Crippen LogP contribution in [0.15, 0.2) is 33.4 Å². The summed E-state index contributed by atoms with van der Waals surface area (Å²) in [4.78, 5) is 15.7. The molecule has 0 saturated heterocycles. The minimum Gasteiger partial charge on any atom is -0.432 e. The molecule has 0 fully saturated rings. The number of benzene rings is 1. The summed E-state index contributed by atoms with van der Waals surface area (Å²) in [5.74, 6) is -1.23. The van der Waals surface area contributed by atoms with Crippen LogP contribution in [-0.4, -0.2) is 10.9 Å². The van der Waals surface area contributed by atoms with Gasteiger partial charge in [0, 0.05) is 4.47 Å². The van der Waals surface area contributed by atoms with Gasteiger partial charge in [-0.2, -0.15) is 4.98 Å². The number of aromatic nitrogens is 1. The molecule has 1 aromatic carbocycles. The van der Waals surface area contributed by atoms with Crippen LogP contribution in [-0.2, 0) is 0 Å². The number of oxazole rings is 1. The zero-order valence-electron chi connectivity index (χ0n) is 8.83. The first kappa shape index (κ1) is 11.8. The van der Waals surface area contributed by atoms with E-state index in [4.69, 9.17) is 4.42 Å². The van der Waals surface area contributed by atoms with Gasteiger partial charge in [0.1, 0.15) is 12.1 Å². The second-order valence-corrected chi connectivity index (χ2v) is 4.20. The molecule has 1 amide bonds. The number of hydrogen-bond donors (Lipinski definition) is 1. The molecule has 4 nitrogen and oxygen atoms in total. The minimum atomic E-state index is -0.614. The van der Waals surface area contributed by atoms with Crippen LogP contribution in [0.3, 0.4) is 0 Å². The van der Waals surface area contributed by atoms with Crippen molar-refractivity contribution in [3.63, 3.8) is 0 Å². The monoisotopic (exact) mass is 298 g/mol. The molecule has 0 aliphatic carbocycles. The van der Waals surface area contributed by atoms with Gasteiger partial charge < -0.3 is 4.42 Å². The molecule has 17 heavy (non-hydrogen) atoms. The first-order chi connectivity index (χ1) is 8.08. The van der Waals surface area contributed by atoms with Gasteiger partial charge in [-0.15, -0.1) is 0 Å². The van der Waals surface area contributed by atoms with E-state index in [1.807, 2.05) is 0 Å². The highest BCUT2D eigenvalue weighted by atomic mass is 79.9. The van der Waals surface area contributed by atoms with Crippen molar-refractivity contribution in [3.05, 3.63) is 46.0 Å².